The maximum absolute atomic E-state index is 6.65. The SMILES string of the molecule is CC1Cc2c(Cl)nc(-c3ccc(N4CCNCC4)cc3)nc2N1CCCN1CCOCC1. The van der Waals surface area contributed by atoms with Crippen molar-refractivity contribution in [2.24, 2.45) is 0 Å². The van der Waals surface area contributed by atoms with Crippen molar-refractivity contribution in [2.75, 3.05) is 75.4 Å². The second-order valence-electron chi connectivity index (χ2n) is 8.98. The second kappa shape index (κ2) is 9.91. The molecule has 0 bridgehead atoms. The minimum Gasteiger partial charge on any atom is -0.379 e. The predicted molar refractivity (Wildman–Crippen MR) is 130 cm³/mol. The van der Waals surface area contributed by atoms with E-state index < -0.39 is 0 Å². The summed E-state index contributed by atoms with van der Waals surface area (Å²) in [5.74, 6) is 1.73. The fourth-order valence-corrected chi connectivity index (χ4v) is 5.20. The lowest BCUT2D eigenvalue weighted by atomic mass is 10.1. The normalized spacial score (nSPS) is 21.8. The van der Waals surface area contributed by atoms with Gasteiger partial charge in [0.25, 0.3) is 0 Å². The number of aromatic nitrogens is 2. The van der Waals surface area contributed by atoms with Crippen molar-refractivity contribution in [3.8, 4) is 11.4 Å². The maximum Gasteiger partial charge on any atom is 0.163 e. The second-order valence-corrected chi connectivity index (χ2v) is 9.34. The summed E-state index contributed by atoms with van der Waals surface area (Å²) in [6.45, 7) is 12.3. The highest BCUT2D eigenvalue weighted by atomic mass is 35.5. The van der Waals surface area contributed by atoms with E-state index in [1.807, 2.05) is 0 Å². The number of benzene rings is 1. The fraction of sp³-hybridized carbons (Fsp3) is 0.583. The van der Waals surface area contributed by atoms with E-state index in [1.165, 1.54) is 5.69 Å². The highest BCUT2D eigenvalue weighted by Crippen LogP contribution is 2.36. The number of hydrogen-bond acceptors (Lipinski definition) is 7. The van der Waals surface area contributed by atoms with Crippen LogP contribution in [0.25, 0.3) is 11.4 Å². The molecule has 0 aliphatic carbocycles. The summed E-state index contributed by atoms with van der Waals surface area (Å²) < 4.78 is 5.46. The smallest absolute Gasteiger partial charge is 0.163 e. The molecule has 0 spiro atoms. The fourth-order valence-electron chi connectivity index (χ4n) is 4.96. The molecule has 5 rings (SSSR count). The highest BCUT2D eigenvalue weighted by molar-refractivity contribution is 6.30. The average Bonchev–Trinajstić information content (AvgIpc) is 3.16. The van der Waals surface area contributed by atoms with Gasteiger partial charge in [0.1, 0.15) is 11.0 Å². The summed E-state index contributed by atoms with van der Waals surface area (Å²) in [5.41, 5.74) is 3.36. The van der Waals surface area contributed by atoms with E-state index in [0.29, 0.717) is 17.0 Å². The number of nitrogens with zero attached hydrogens (tertiary/aromatic N) is 5. The molecule has 3 aliphatic rings. The maximum atomic E-state index is 6.65. The molecule has 2 fully saturated rings. The molecule has 1 aromatic heterocycles. The molecule has 2 saturated heterocycles. The molecule has 1 unspecified atom stereocenters. The molecule has 0 saturated carbocycles. The van der Waals surface area contributed by atoms with Gasteiger partial charge < -0.3 is 19.9 Å². The Hall–Kier alpha value is -1.93. The molecule has 2 aromatic rings. The van der Waals surface area contributed by atoms with Crippen LogP contribution in [0.5, 0.6) is 0 Å². The van der Waals surface area contributed by atoms with Crippen LogP contribution in [0, 0.1) is 0 Å². The summed E-state index contributed by atoms with van der Waals surface area (Å²) in [7, 11) is 0. The van der Waals surface area contributed by atoms with Crippen molar-refractivity contribution in [1.29, 1.82) is 0 Å². The van der Waals surface area contributed by atoms with E-state index in [4.69, 9.17) is 21.3 Å². The first-order valence-electron chi connectivity index (χ1n) is 11.9. The Bertz CT molecular complexity index is 911. The number of hydrogen-bond donors (Lipinski definition) is 1. The zero-order valence-electron chi connectivity index (χ0n) is 18.9. The van der Waals surface area contributed by atoms with E-state index >= 15 is 0 Å². The van der Waals surface area contributed by atoms with Crippen LogP contribution in [-0.2, 0) is 11.2 Å². The van der Waals surface area contributed by atoms with Gasteiger partial charge in [-0.25, -0.2) is 9.97 Å². The summed E-state index contributed by atoms with van der Waals surface area (Å²) >= 11 is 6.65. The summed E-state index contributed by atoms with van der Waals surface area (Å²) in [6, 6.07) is 8.99. The molecule has 1 aromatic carbocycles. The molecule has 4 heterocycles. The number of piperazine rings is 1. The van der Waals surface area contributed by atoms with Gasteiger partial charge in [-0.15, -0.1) is 0 Å². The molecule has 172 valence electrons. The lowest BCUT2D eigenvalue weighted by molar-refractivity contribution is 0.0376. The molecule has 0 amide bonds. The first-order valence-corrected chi connectivity index (χ1v) is 12.3. The Balaban J connectivity index is 1.30. The Kier molecular flexibility index (Phi) is 6.78. The number of halogens is 1. The van der Waals surface area contributed by atoms with Crippen LogP contribution in [0.1, 0.15) is 18.9 Å². The van der Waals surface area contributed by atoms with Crippen LogP contribution in [0.4, 0.5) is 11.5 Å². The third kappa shape index (κ3) is 4.71. The Morgan fingerprint density at radius 2 is 1.78 bits per heavy atom. The minimum absolute atomic E-state index is 0.395. The molecule has 3 aliphatic heterocycles. The number of fused-ring (bicyclic) bond motifs is 1. The van der Waals surface area contributed by atoms with Gasteiger partial charge in [0.05, 0.1) is 13.2 Å². The first-order chi connectivity index (χ1) is 15.7. The highest BCUT2D eigenvalue weighted by Gasteiger charge is 2.30. The third-order valence-corrected chi connectivity index (χ3v) is 7.14. The Labute approximate surface area is 195 Å². The zero-order chi connectivity index (χ0) is 21.9. The van der Waals surface area contributed by atoms with Crippen LogP contribution < -0.4 is 15.1 Å². The van der Waals surface area contributed by atoms with E-state index in [-0.39, 0.29) is 0 Å². The largest absolute Gasteiger partial charge is 0.379 e. The summed E-state index contributed by atoms with van der Waals surface area (Å²) in [4.78, 5) is 17.0. The van der Waals surface area contributed by atoms with Crippen LogP contribution in [0.2, 0.25) is 5.15 Å². The molecule has 32 heavy (non-hydrogen) atoms. The Morgan fingerprint density at radius 3 is 2.53 bits per heavy atom. The van der Waals surface area contributed by atoms with Gasteiger partial charge in [0.15, 0.2) is 5.82 Å². The molecule has 8 heteroatoms. The number of ether oxygens (including phenoxy) is 1. The van der Waals surface area contributed by atoms with Crippen molar-refractivity contribution >= 4 is 23.1 Å². The summed E-state index contributed by atoms with van der Waals surface area (Å²) in [5, 5.41) is 4.00. The molecular formula is C24H33ClN6O. The van der Waals surface area contributed by atoms with E-state index in [2.05, 4.69) is 56.2 Å². The van der Waals surface area contributed by atoms with Crippen LogP contribution in [-0.4, -0.2) is 86.5 Å². The molecule has 1 atom stereocenters. The van der Waals surface area contributed by atoms with E-state index in [9.17, 15) is 0 Å². The van der Waals surface area contributed by atoms with Crippen molar-refractivity contribution in [3.05, 3.63) is 35.0 Å². The van der Waals surface area contributed by atoms with Gasteiger partial charge in [0.2, 0.25) is 0 Å². The van der Waals surface area contributed by atoms with E-state index in [0.717, 1.165) is 95.4 Å². The quantitative estimate of drug-likeness (QED) is 0.670. The standard InChI is InChI=1S/C24H33ClN6O/c1-18-17-21-22(25)27-23(19-3-5-20(6-4-19)30-11-7-26-8-12-30)28-24(21)31(18)10-2-9-29-13-15-32-16-14-29/h3-6,18,26H,2,7-17H2,1H3. The average molecular weight is 457 g/mol. The van der Waals surface area contributed by atoms with Gasteiger partial charge in [-0.3, -0.25) is 4.90 Å². The number of nitrogens with one attached hydrogen (secondary N) is 1. The van der Waals surface area contributed by atoms with Crippen molar-refractivity contribution in [2.45, 2.75) is 25.8 Å². The van der Waals surface area contributed by atoms with Crippen LogP contribution >= 0.6 is 11.6 Å². The predicted octanol–water partition coefficient (Wildman–Crippen LogP) is 2.68. The van der Waals surface area contributed by atoms with Crippen LogP contribution in [0.3, 0.4) is 0 Å². The van der Waals surface area contributed by atoms with Crippen molar-refractivity contribution in [3.63, 3.8) is 0 Å². The lowest BCUT2D eigenvalue weighted by Gasteiger charge is -2.29. The van der Waals surface area contributed by atoms with E-state index in [1.54, 1.807) is 0 Å². The van der Waals surface area contributed by atoms with Gasteiger partial charge in [0, 0.05) is 75.2 Å². The van der Waals surface area contributed by atoms with Crippen molar-refractivity contribution < 1.29 is 4.74 Å². The number of morpholine rings is 1. The zero-order valence-corrected chi connectivity index (χ0v) is 19.7. The topological polar surface area (TPSA) is 56.8 Å². The number of anilines is 2. The minimum atomic E-state index is 0.395. The van der Waals surface area contributed by atoms with Crippen molar-refractivity contribution in [1.82, 2.24) is 20.2 Å². The van der Waals surface area contributed by atoms with Crippen LogP contribution in [0.15, 0.2) is 24.3 Å². The van der Waals surface area contributed by atoms with Gasteiger partial charge in [-0.05, 0) is 44.0 Å². The first kappa shape index (κ1) is 21.9. The summed E-state index contributed by atoms with van der Waals surface area (Å²) in [6.07, 6.45) is 2.02. The third-order valence-electron chi connectivity index (χ3n) is 6.82. The van der Waals surface area contributed by atoms with Gasteiger partial charge in [-0.2, -0.15) is 0 Å². The number of rotatable bonds is 6. The molecule has 1 N–H and O–H groups in total. The molecular weight excluding hydrogens is 424 g/mol. The Morgan fingerprint density at radius 1 is 1.03 bits per heavy atom. The monoisotopic (exact) mass is 456 g/mol. The molecule has 0 radical (unpaired) electrons. The molecule has 7 nitrogen and oxygen atoms in total. The lowest BCUT2D eigenvalue weighted by Crippen LogP contribution is -2.43. The van der Waals surface area contributed by atoms with Gasteiger partial charge in [-0.1, -0.05) is 11.6 Å². The van der Waals surface area contributed by atoms with Gasteiger partial charge >= 0.3 is 0 Å².